The summed E-state index contributed by atoms with van der Waals surface area (Å²) in [5.41, 5.74) is 0.629. The zero-order chi connectivity index (χ0) is 13.7. The van der Waals surface area contributed by atoms with Crippen LogP contribution in [-0.4, -0.2) is 37.4 Å². The van der Waals surface area contributed by atoms with E-state index in [0.29, 0.717) is 18.2 Å². The Balaban J connectivity index is 1.87. The van der Waals surface area contributed by atoms with Gasteiger partial charge in [0.2, 0.25) is 5.95 Å². The number of hydrogen-bond acceptors (Lipinski definition) is 5. The van der Waals surface area contributed by atoms with Gasteiger partial charge in [0.25, 0.3) is 0 Å². The van der Waals surface area contributed by atoms with Gasteiger partial charge in [0, 0.05) is 31.2 Å². The third kappa shape index (κ3) is 3.77. The molecule has 2 aromatic heterocycles. The number of aromatic carboxylic acids is 1. The maximum absolute atomic E-state index is 10.9. The van der Waals surface area contributed by atoms with Gasteiger partial charge in [0.1, 0.15) is 0 Å². The predicted molar refractivity (Wildman–Crippen MR) is 69.1 cm³/mol. The van der Waals surface area contributed by atoms with Crippen LogP contribution < -0.4 is 5.32 Å². The van der Waals surface area contributed by atoms with E-state index in [2.05, 4.69) is 20.4 Å². The quantitative estimate of drug-likeness (QED) is 0.758. The van der Waals surface area contributed by atoms with Gasteiger partial charge in [0.05, 0.1) is 0 Å². The Labute approximate surface area is 110 Å². The Bertz CT molecular complexity index is 553. The average Bonchev–Trinajstić information content (AvgIpc) is 2.87. The number of nitrogens with one attached hydrogen (secondary N) is 1. The van der Waals surface area contributed by atoms with E-state index in [1.807, 2.05) is 16.9 Å². The number of carboxylic acids is 1. The Hall–Kier alpha value is -2.44. The van der Waals surface area contributed by atoms with Crippen LogP contribution in [0.25, 0.3) is 0 Å². The highest BCUT2D eigenvalue weighted by Crippen LogP contribution is 2.05. The minimum atomic E-state index is -1.05. The number of aryl methyl sites for hydroxylation is 2. The summed E-state index contributed by atoms with van der Waals surface area (Å²) in [5.74, 6) is -0.706. The summed E-state index contributed by atoms with van der Waals surface area (Å²) in [6, 6.07) is 3.31. The number of carbonyl (C=O) groups is 1. The molecule has 2 aromatic rings. The van der Waals surface area contributed by atoms with Gasteiger partial charge in [0.15, 0.2) is 5.69 Å². The van der Waals surface area contributed by atoms with Crippen molar-refractivity contribution in [2.45, 2.75) is 19.9 Å². The van der Waals surface area contributed by atoms with Gasteiger partial charge in [-0.15, -0.1) is 0 Å². The number of anilines is 1. The summed E-state index contributed by atoms with van der Waals surface area (Å²) in [5, 5.41) is 16.0. The molecule has 19 heavy (non-hydrogen) atoms. The molecule has 100 valence electrons. The van der Waals surface area contributed by atoms with Crippen LogP contribution in [0.3, 0.4) is 0 Å². The van der Waals surface area contributed by atoms with Crippen LogP contribution in [-0.2, 0) is 6.54 Å². The molecule has 0 unspecified atom stereocenters. The number of carboxylic acid groups (broad SMARTS) is 1. The molecule has 0 aliphatic carbocycles. The highest BCUT2D eigenvalue weighted by atomic mass is 16.4. The molecule has 0 atom stereocenters. The largest absolute Gasteiger partial charge is 0.477 e. The van der Waals surface area contributed by atoms with E-state index in [-0.39, 0.29) is 5.69 Å². The van der Waals surface area contributed by atoms with Crippen LogP contribution in [0.1, 0.15) is 22.6 Å². The smallest absolute Gasteiger partial charge is 0.354 e. The summed E-state index contributed by atoms with van der Waals surface area (Å²) < 4.78 is 1.83. The van der Waals surface area contributed by atoms with Crippen molar-refractivity contribution in [1.82, 2.24) is 19.7 Å². The lowest BCUT2D eigenvalue weighted by molar-refractivity contribution is 0.0690. The van der Waals surface area contributed by atoms with Gasteiger partial charge >= 0.3 is 5.97 Å². The number of rotatable bonds is 6. The van der Waals surface area contributed by atoms with Crippen LogP contribution in [0.4, 0.5) is 5.95 Å². The second-order valence-corrected chi connectivity index (χ2v) is 4.07. The van der Waals surface area contributed by atoms with Gasteiger partial charge in [-0.05, 0) is 25.5 Å². The topological polar surface area (TPSA) is 92.9 Å². The molecule has 2 heterocycles. The summed E-state index contributed by atoms with van der Waals surface area (Å²) in [7, 11) is 0. The summed E-state index contributed by atoms with van der Waals surface area (Å²) >= 11 is 0. The van der Waals surface area contributed by atoms with Crippen molar-refractivity contribution < 1.29 is 9.90 Å². The summed E-state index contributed by atoms with van der Waals surface area (Å²) in [6.45, 7) is 3.18. The fourth-order valence-electron chi connectivity index (χ4n) is 1.63. The lowest BCUT2D eigenvalue weighted by Crippen LogP contribution is -2.12. The van der Waals surface area contributed by atoms with Crippen LogP contribution in [0.15, 0.2) is 24.5 Å². The van der Waals surface area contributed by atoms with Crippen LogP contribution in [0.5, 0.6) is 0 Å². The molecule has 2 N–H and O–H groups in total. The van der Waals surface area contributed by atoms with E-state index in [9.17, 15) is 4.79 Å². The van der Waals surface area contributed by atoms with Crippen molar-refractivity contribution in [2.75, 3.05) is 11.9 Å². The molecule has 7 nitrogen and oxygen atoms in total. The number of aromatic nitrogens is 4. The standard InChI is InChI=1S/C12H15N5O2/c1-9-8-10(11(18)19)16-12(15-9)13-4-2-6-17-7-3-5-14-17/h3,5,7-8H,2,4,6H2,1H3,(H,18,19)(H,13,15,16). The monoisotopic (exact) mass is 261 g/mol. The zero-order valence-corrected chi connectivity index (χ0v) is 10.6. The molecule has 0 amide bonds. The first-order chi connectivity index (χ1) is 9.15. The van der Waals surface area contributed by atoms with Gasteiger partial charge in [-0.25, -0.2) is 14.8 Å². The summed E-state index contributed by atoms with van der Waals surface area (Å²) in [6.07, 6.45) is 4.48. The predicted octanol–water partition coefficient (Wildman–Crippen LogP) is 1.18. The molecule has 0 fully saturated rings. The molecule has 0 radical (unpaired) electrons. The normalized spacial score (nSPS) is 10.4. The Morgan fingerprint density at radius 3 is 3.00 bits per heavy atom. The van der Waals surface area contributed by atoms with Gasteiger partial charge in [-0.3, -0.25) is 4.68 Å². The fraction of sp³-hybridized carbons (Fsp3) is 0.333. The molecular weight excluding hydrogens is 246 g/mol. The van der Waals surface area contributed by atoms with Crippen molar-refractivity contribution in [1.29, 1.82) is 0 Å². The van der Waals surface area contributed by atoms with E-state index in [1.54, 1.807) is 13.1 Å². The zero-order valence-electron chi connectivity index (χ0n) is 10.6. The van der Waals surface area contributed by atoms with Gasteiger partial charge < -0.3 is 10.4 Å². The second-order valence-electron chi connectivity index (χ2n) is 4.07. The fourth-order valence-corrected chi connectivity index (χ4v) is 1.63. The molecule has 2 rings (SSSR count). The van der Waals surface area contributed by atoms with Crippen molar-refractivity contribution in [3.8, 4) is 0 Å². The lowest BCUT2D eigenvalue weighted by Gasteiger charge is -2.06. The first-order valence-electron chi connectivity index (χ1n) is 5.95. The maximum Gasteiger partial charge on any atom is 0.354 e. The van der Waals surface area contributed by atoms with Crippen molar-refractivity contribution in [3.05, 3.63) is 35.9 Å². The molecule has 0 saturated carbocycles. The average molecular weight is 261 g/mol. The molecule has 0 saturated heterocycles. The van der Waals surface area contributed by atoms with Gasteiger partial charge in [-0.2, -0.15) is 5.10 Å². The first-order valence-corrected chi connectivity index (χ1v) is 5.95. The molecule has 0 bridgehead atoms. The Kier molecular flexibility index (Phi) is 4.07. The van der Waals surface area contributed by atoms with Crippen LogP contribution in [0.2, 0.25) is 0 Å². The minimum Gasteiger partial charge on any atom is -0.477 e. The SMILES string of the molecule is Cc1cc(C(=O)O)nc(NCCCn2cccn2)n1. The second kappa shape index (κ2) is 5.94. The Morgan fingerprint density at radius 1 is 1.47 bits per heavy atom. The minimum absolute atomic E-state index is 0.00192. The van der Waals surface area contributed by atoms with E-state index < -0.39 is 5.97 Å². The molecule has 0 aliphatic rings. The van der Waals surface area contributed by atoms with Crippen molar-refractivity contribution in [2.24, 2.45) is 0 Å². The van der Waals surface area contributed by atoms with Crippen LogP contribution in [0, 0.1) is 6.92 Å². The first kappa shape index (κ1) is 13.0. The lowest BCUT2D eigenvalue weighted by atomic mass is 10.3. The molecule has 0 aliphatic heterocycles. The Morgan fingerprint density at radius 2 is 2.32 bits per heavy atom. The number of nitrogens with zero attached hydrogens (tertiary/aromatic N) is 4. The molecule has 0 aromatic carbocycles. The highest BCUT2D eigenvalue weighted by Gasteiger charge is 2.07. The van der Waals surface area contributed by atoms with E-state index in [1.165, 1.54) is 6.07 Å². The number of hydrogen-bond donors (Lipinski definition) is 2. The summed E-state index contributed by atoms with van der Waals surface area (Å²) in [4.78, 5) is 18.9. The van der Waals surface area contributed by atoms with Crippen molar-refractivity contribution in [3.63, 3.8) is 0 Å². The van der Waals surface area contributed by atoms with E-state index >= 15 is 0 Å². The third-order valence-corrected chi connectivity index (χ3v) is 2.48. The maximum atomic E-state index is 10.9. The van der Waals surface area contributed by atoms with E-state index in [4.69, 9.17) is 5.11 Å². The van der Waals surface area contributed by atoms with Gasteiger partial charge in [-0.1, -0.05) is 0 Å². The third-order valence-electron chi connectivity index (χ3n) is 2.48. The molecular formula is C12H15N5O2. The van der Waals surface area contributed by atoms with Crippen molar-refractivity contribution >= 4 is 11.9 Å². The highest BCUT2D eigenvalue weighted by molar-refractivity contribution is 5.85. The van der Waals surface area contributed by atoms with Crippen LogP contribution >= 0.6 is 0 Å². The van der Waals surface area contributed by atoms with E-state index in [0.717, 1.165) is 13.0 Å². The molecule has 7 heteroatoms. The molecule has 0 spiro atoms.